The summed E-state index contributed by atoms with van der Waals surface area (Å²) in [5.74, 6) is -5.08. The maximum Gasteiger partial charge on any atom is 0.407 e. The first-order valence-corrected chi connectivity index (χ1v) is 17.8. The lowest BCUT2D eigenvalue weighted by Gasteiger charge is -2.43. The Morgan fingerprint density at radius 1 is 0.702 bits per heavy atom. The molecule has 2 amide bonds. The van der Waals surface area contributed by atoms with E-state index in [1.54, 1.807) is 0 Å². The Balaban J connectivity index is 1.30. The van der Waals surface area contributed by atoms with Crippen LogP contribution >= 0.6 is 0 Å². The summed E-state index contributed by atoms with van der Waals surface area (Å²) < 4.78 is 43.5. The number of esters is 5. The van der Waals surface area contributed by atoms with E-state index in [4.69, 9.17) is 37.9 Å². The van der Waals surface area contributed by atoms with Gasteiger partial charge in [0.2, 0.25) is 18.3 Å². The summed E-state index contributed by atoms with van der Waals surface area (Å²) >= 11 is 0. The van der Waals surface area contributed by atoms with E-state index in [9.17, 15) is 33.6 Å². The third kappa shape index (κ3) is 10.6. The van der Waals surface area contributed by atoms with Crippen molar-refractivity contribution in [3.05, 3.63) is 83.4 Å². The number of fused-ring (bicyclic) bond motifs is 3. The van der Waals surface area contributed by atoms with Gasteiger partial charge in [-0.3, -0.25) is 24.0 Å². The van der Waals surface area contributed by atoms with E-state index in [1.807, 2.05) is 48.5 Å². The third-order valence-corrected chi connectivity index (χ3v) is 8.80. The zero-order valence-corrected chi connectivity index (χ0v) is 31.8. The highest BCUT2D eigenvalue weighted by Gasteiger charge is 2.56. The predicted octanol–water partition coefficient (Wildman–Crippen LogP) is 3.69. The first kappa shape index (κ1) is 41.7. The average molecular weight is 791 g/mol. The van der Waals surface area contributed by atoms with Crippen LogP contribution in [0.15, 0.2) is 66.7 Å². The Hall–Kier alpha value is -6.49. The first-order valence-electron chi connectivity index (χ1n) is 17.8. The van der Waals surface area contributed by atoms with Gasteiger partial charge in [0, 0.05) is 46.6 Å². The smallest absolute Gasteiger partial charge is 0.407 e. The van der Waals surface area contributed by atoms with Crippen molar-refractivity contribution in [1.82, 2.24) is 5.32 Å². The molecule has 1 heterocycles. The third-order valence-electron chi connectivity index (χ3n) is 8.80. The Morgan fingerprint density at radius 2 is 1.30 bits per heavy atom. The molecule has 0 unspecified atom stereocenters. The highest BCUT2D eigenvalue weighted by atomic mass is 16.7. The fourth-order valence-corrected chi connectivity index (χ4v) is 6.49. The van der Waals surface area contributed by atoms with Crippen LogP contribution < -0.4 is 15.4 Å². The van der Waals surface area contributed by atoms with E-state index in [-0.39, 0.29) is 43.5 Å². The van der Waals surface area contributed by atoms with Crippen LogP contribution in [-0.2, 0) is 68.5 Å². The highest BCUT2D eigenvalue weighted by Crippen LogP contribution is 2.44. The second kappa shape index (κ2) is 18.9. The van der Waals surface area contributed by atoms with Crippen LogP contribution in [-0.4, -0.2) is 92.8 Å². The van der Waals surface area contributed by atoms with Crippen molar-refractivity contribution in [3.63, 3.8) is 0 Å². The molecule has 0 saturated carbocycles. The van der Waals surface area contributed by atoms with Crippen molar-refractivity contribution in [2.45, 2.75) is 77.3 Å². The number of hydrogen-bond acceptors (Lipinski definition) is 15. The molecule has 57 heavy (non-hydrogen) atoms. The molecule has 3 aromatic carbocycles. The van der Waals surface area contributed by atoms with Crippen molar-refractivity contribution in [2.24, 2.45) is 0 Å². The summed E-state index contributed by atoms with van der Waals surface area (Å²) in [5.41, 5.74) is 4.68. The molecule has 0 bridgehead atoms. The number of nitrogens with one attached hydrogen (secondary N) is 2. The monoisotopic (exact) mass is 790 g/mol. The van der Waals surface area contributed by atoms with Gasteiger partial charge in [-0.1, -0.05) is 54.6 Å². The summed E-state index contributed by atoms with van der Waals surface area (Å²) in [7, 11) is 1.04. The van der Waals surface area contributed by atoms with Gasteiger partial charge >= 0.3 is 35.9 Å². The maximum atomic E-state index is 13.3. The predicted molar refractivity (Wildman–Crippen MR) is 196 cm³/mol. The molecule has 0 spiro atoms. The average Bonchev–Trinajstić information content (AvgIpc) is 3.48. The minimum Gasteiger partial charge on any atom is -0.467 e. The molecule has 1 saturated heterocycles. The quantitative estimate of drug-likeness (QED) is 0.176. The number of hydrogen-bond donors (Lipinski definition) is 2. The lowest BCUT2D eigenvalue weighted by atomic mass is 9.97. The van der Waals surface area contributed by atoms with Crippen LogP contribution in [0.1, 0.15) is 56.7 Å². The Morgan fingerprint density at radius 3 is 1.89 bits per heavy atom. The number of ether oxygens (including phenoxy) is 8. The van der Waals surface area contributed by atoms with Gasteiger partial charge in [-0.25, -0.2) is 9.59 Å². The van der Waals surface area contributed by atoms with Gasteiger partial charge in [0.25, 0.3) is 0 Å². The molecule has 0 radical (unpaired) electrons. The number of benzene rings is 3. The van der Waals surface area contributed by atoms with Crippen LogP contribution in [0.4, 0.5) is 10.5 Å². The summed E-state index contributed by atoms with van der Waals surface area (Å²) in [4.78, 5) is 86.9. The van der Waals surface area contributed by atoms with Crippen LogP contribution in [0.2, 0.25) is 0 Å². The molecular weight excluding hydrogens is 748 g/mol. The lowest BCUT2D eigenvalue weighted by molar-refractivity contribution is -0.282. The molecule has 2 N–H and O–H groups in total. The molecule has 5 rings (SSSR count). The minimum atomic E-state index is -1.73. The summed E-state index contributed by atoms with van der Waals surface area (Å²) in [5, 5.41) is 5.25. The van der Waals surface area contributed by atoms with Crippen molar-refractivity contribution >= 4 is 47.5 Å². The van der Waals surface area contributed by atoms with E-state index >= 15 is 0 Å². The van der Waals surface area contributed by atoms with Crippen LogP contribution in [0, 0.1) is 0 Å². The van der Waals surface area contributed by atoms with E-state index in [1.165, 1.54) is 25.1 Å². The standard InChI is InChI=1S/C40H42N2O15/c1-21(43)51-19-25-14-15-32(56-39-37(55-24(4)46)35(54-23(3)45)34(53-22(2)44)36(57-39)38(48)50-5)31(18-25)42-33(47)16-17-41-40(49)52-20-30-28-12-8-6-10-26(28)27-11-7-9-13-29(27)30/h6-15,18,30,34-37,39H,16-17,19-20H2,1-5H3,(H,41,49)(H,42,47)/t34-,35-,36-,37+,39+/m0/s1. The highest BCUT2D eigenvalue weighted by molar-refractivity contribution is 5.92. The Labute approximate surface area is 327 Å². The number of carbonyl (C=O) groups excluding carboxylic acids is 7. The molecular formula is C40H42N2O15. The summed E-state index contributed by atoms with van der Waals surface area (Å²) in [6, 6.07) is 20.1. The van der Waals surface area contributed by atoms with Gasteiger partial charge < -0.3 is 48.5 Å². The second-order valence-corrected chi connectivity index (χ2v) is 12.9. The van der Waals surface area contributed by atoms with Gasteiger partial charge in [-0.2, -0.15) is 0 Å². The van der Waals surface area contributed by atoms with Crippen molar-refractivity contribution in [2.75, 3.05) is 25.6 Å². The fraction of sp³-hybridized carbons (Fsp3) is 0.375. The molecule has 17 heteroatoms. The molecule has 1 fully saturated rings. The van der Waals surface area contributed by atoms with Crippen LogP contribution in [0.25, 0.3) is 11.1 Å². The van der Waals surface area contributed by atoms with Gasteiger partial charge in [-0.15, -0.1) is 0 Å². The Bertz CT molecular complexity index is 1970. The van der Waals surface area contributed by atoms with Gasteiger partial charge in [0.05, 0.1) is 12.8 Å². The normalized spacial score (nSPS) is 19.4. The van der Waals surface area contributed by atoms with Crippen molar-refractivity contribution < 1.29 is 71.5 Å². The topological polar surface area (TPSA) is 217 Å². The number of alkyl carbamates (subject to hydrolysis) is 1. The largest absolute Gasteiger partial charge is 0.467 e. The lowest BCUT2D eigenvalue weighted by Crippen LogP contribution is -2.64. The van der Waals surface area contributed by atoms with Crippen molar-refractivity contribution in [3.8, 4) is 16.9 Å². The van der Waals surface area contributed by atoms with Gasteiger partial charge in [0.1, 0.15) is 19.0 Å². The molecule has 5 atom stereocenters. The molecule has 2 aliphatic rings. The first-order chi connectivity index (χ1) is 27.2. The van der Waals surface area contributed by atoms with E-state index < -0.39 is 72.6 Å². The fourth-order valence-electron chi connectivity index (χ4n) is 6.49. The molecule has 302 valence electrons. The zero-order chi connectivity index (χ0) is 41.2. The van der Waals surface area contributed by atoms with E-state index in [2.05, 4.69) is 10.6 Å². The number of methoxy groups -OCH3 is 1. The Kier molecular flexibility index (Phi) is 13.8. The number of rotatable bonds is 14. The summed E-state index contributed by atoms with van der Waals surface area (Å²) in [6.07, 6.45) is -9.28. The molecule has 1 aliphatic carbocycles. The molecule has 17 nitrogen and oxygen atoms in total. The minimum absolute atomic E-state index is 0.0109. The SMILES string of the molecule is COC(=O)[C@H]1O[C@@H](Oc2ccc(COC(C)=O)cc2NC(=O)CCNC(=O)OCC2c3ccccc3-c3ccccc32)[C@H](OC(C)=O)[C@@H](OC(C)=O)[C@@H]1OC(C)=O. The van der Waals surface area contributed by atoms with Crippen molar-refractivity contribution in [1.29, 1.82) is 0 Å². The van der Waals surface area contributed by atoms with Gasteiger partial charge in [-0.05, 0) is 39.9 Å². The van der Waals surface area contributed by atoms with Crippen LogP contribution in [0.5, 0.6) is 5.75 Å². The van der Waals surface area contributed by atoms with E-state index in [0.717, 1.165) is 50.1 Å². The molecule has 0 aromatic heterocycles. The number of anilines is 1. The maximum absolute atomic E-state index is 13.3. The molecule has 3 aromatic rings. The van der Waals surface area contributed by atoms with E-state index in [0.29, 0.717) is 5.56 Å². The summed E-state index contributed by atoms with van der Waals surface area (Å²) in [6.45, 7) is 4.15. The van der Waals surface area contributed by atoms with Gasteiger partial charge in [0.15, 0.2) is 18.3 Å². The molecule has 1 aliphatic heterocycles. The van der Waals surface area contributed by atoms with Crippen LogP contribution in [0.3, 0.4) is 0 Å². The second-order valence-electron chi connectivity index (χ2n) is 12.9. The number of carbonyl (C=O) groups is 7. The number of amides is 2. The zero-order valence-electron chi connectivity index (χ0n) is 31.8.